The Morgan fingerprint density at radius 2 is 1.19 bits per heavy atom. The summed E-state index contributed by atoms with van der Waals surface area (Å²) in [5.74, 6) is 0.549. The van der Waals surface area contributed by atoms with Crippen LogP contribution in [0.2, 0.25) is 0 Å². The first kappa shape index (κ1) is 42.2. The number of ether oxygens (including phenoxy) is 2. The van der Waals surface area contributed by atoms with Crippen molar-refractivity contribution in [1.29, 1.82) is 0 Å². The second-order valence-electron chi connectivity index (χ2n) is 15.6. The molecule has 17 heteroatoms. The summed E-state index contributed by atoms with van der Waals surface area (Å²) in [4.78, 5) is 86.9. The van der Waals surface area contributed by atoms with E-state index in [1.54, 1.807) is 62.9 Å². The first-order valence-electron chi connectivity index (χ1n) is 20.9. The van der Waals surface area contributed by atoms with E-state index in [0.29, 0.717) is 54.4 Å². The van der Waals surface area contributed by atoms with Crippen molar-refractivity contribution < 1.29 is 28.7 Å². The third-order valence-corrected chi connectivity index (χ3v) is 14.0. The lowest BCUT2D eigenvalue weighted by atomic mass is 10.0. The highest BCUT2D eigenvalue weighted by Gasteiger charge is 2.38. The number of aromatic nitrogens is 4. The average Bonchev–Trinajstić information content (AvgIpc) is 4.19. The number of hydrogen-bond acceptors (Lipinski definition) is 11. The Kier molecular flexibility index (Phi) is 12.1. The van der Waals surface area contributed by atoms with E-state index in [1.807, 2.05) is 54.6 Å². The van der Waals surface area contributed by atoms with Gasteiger partial charge in [0.25, 0.3) is 17.4 Å². The van der Waals surface area contributed by atoms with Crippen LogP contribution in [0.1, 0.15) is 72.6 Å². The minimum atomic E-state index is -0.970. The van der Waals surface area contributed by atoms with E-state index < -0.39 is 30.3 Å². The number of methoxy groups -OCH3 is 2. The Labute approximate surface area is 375 Å². The average molecular weight is 897 g/mol. The largest absolute Gasteiger partial charge is 0.453 e. The maximum Gasteiger partial charge on any atom is 0.407 e. The van der Waals surface area contributed by atoms with E-state index in [9.17, 15) is 24.0 Å². The standard InChI is InChI=1S/C47H44N8O7S2/c1-61-46(59)52-40(29-11-5-3-6-12-29)44(57)54-21-9-15-33(54)42-48-26-32(50-42)27-17-19-28(20-18-27)35-24-37-38(63-35)25-36(64-37)31-23-39(56)51-43(49-31)34-16-10-22-55(34)45(58)41(53-47(60)62-2)30-13-7-4-8-14-30/h3-8,11-14,17-20,23-26,33-34,40-41H,9-10,15-16,21-22H2,1-2H3,(H,48,50)(H,52,59)(H,53,60)(H,49,51,56)/t33-,34-,40+,41+/m0/s1. The van der Waals surface area contributed by atoms with Crippen molar-refractivity contribution in [2.45, 2.75) is 49.9 Å². The van der Waals surface area contributed by atoms with Crippen molar-refractivity contribution in [3.05, 3.63) is 142 Å². The van der Waals surface area contributed by atoms with Gasteiger partial charge in [-0.2, -0.15) is 0 Å². The van der Waals surface area contributed by atoms with E-state index in [4.69, 9.17) is 19.4 Å². The number of rotatable bonds is 11. The number of imidazole rings is 1. The van der Waals surface area contributed by atoms with Gasteiger partial charge >= 0.3 is 12.2 Å². The van der Waals surface area contributed by atoms with Crippen LogP contribution in [0, 0.1) is 0 Å². The fourth-order valence-corrected chi connectivity index (χ4v) is 10.9. The van der Waals surface area contributed by atoms with Crippen molar-refractivity contribution in [2.75, 3.05) is 27.3 Å². The van der Waals surface area contributed by atoms with Crippen LogP contribution < -0.4 is 16.2 Å². The van der Waals surface area contributed by atoms with Crippen molar-refractivity contribution in [1.82, 2.24) is 40.4 Å². The summed E-state index contributed by atoms with van der Waals surface area (Å²) in [7, 11) is 2.53. The Morgan fingerprint density at radius 1 is 0.672 bits per heavy atom. The lowest BCUT2D eigenvalue weighted by Crippen LogP contribution is -2.43. The molecule has 2 aliphatic rings. The summed E-state index contributed by atoms with van der Waals surface area (Å²) in [5.41, 5.74) is 4.33. The number of benzene rings is 3. The molecule has 2 fully saturated rings. The number of H-pyrrole nitrogens is 2. The molecule has 2 saturated heterocycles. The van der Waals surface area contributed by atoms with Gasteiger partial charge in [0.15, 0.2) is 0 Å². The molecule has 4 aromatic heterocycles. The quantitative estimate of drug-likeness (QED) is 0.0989. The molecule has 7 aromatic rings. The topological polar surface area (TPSA) is 192 Å². The fourth-order valence-electron chi connectivity index (χ4n) is 8.51. The third-order valence-electron chi connectivity index (χ3n) is 11.7. The second kappa shape index (κ2) is 18.3. The van der Waals surface area contributed by atoms with Gasteiger partial charge in [-0.05, 0) is 60.1 Å². The number of fused-ring (bicyclic) bond motifs is 1. The monoisotopic (exact) mass is 896 g/mol. The molecule has 0 bridgehead atoms. The molecule has 4 N–H and O–H groups in total. The minimum absolute atomic E-state index is 0.225. The van der Waals surface area contributed by atoms with Crippen molar-refractivity contribution in [2.24, 2.45) is 0 Å². The number of hydrogen-bond donors (Lipinski definition) is 4. The maximum atomic E-state index is 14.0. The SMILES string of the molecule is COC(=O)N[C@@H](C(=O)N1CCC[C@H]1c1ncc(-c2ccc(-c3cc4sc(-c5cc(=O)[nH]c([C@@H]6CCCN6C(=O)[C@H](NC(=O)OC)c6ccccc6)n5)cc4s3)cc2)[nH]1)c1ccccc1. The first-order valence-corrected chi connectivity index (χ1v) is 22.5. The van der Waals surface area contributed by atoms with E-state index >= 15 is 0 Å². The molecule has 0 aliphatic carbocycles. The molecule has 0 saturated carbocycles. The smallest absolute Gasteiger partial charge is 0.407 e. The van der Waals surface area contributed by atoms with E-state index in [1.165, 1.54) is 20.3 Å². The molecule has 4 amide bonds. The van der Waals surface area contributed by atoms with Gasteiger partial charge in [0.1, 0.15) is 23.7 Å². The number of likely N-dealkylation sites (tertiary alicyclic amines) is 2. The van der Waals surface area contributed by atoms with Crippen LogP contribution in [0.5, 0.6) is 0 Å². The van der Waals surface area contributed by atoms with Gasteiger partial charge in [-0.25, -0.2) is 19.6 Å². The van der Waals surface area contributed by atoms with Crippen LogP contribution >= 0.6 is 22.7 Å². The van der Waals surface area contributed by atoms with Gasteiger partial charge in [-0.3, -0.25) is 14.4 Å². The fraction of sp³-hybridized carbons (Fsp3) is 0.255. The molecule has 15 nitrogen and oxygen atoms in total. The molecule has 64 heavy (non-hydrogen) atoms. The summed E-state index contributed by atoms with van der Waals surface area (Å²) < 4.78 is 11.8. The zero-order valence-electron chi connectivity index (χ0n) is 34.9. The molecule has 0 spiro atoms. The highest BCUT2D eigenvalue weighted by atomic mass is 32.1. The molecule has 3 aromatic carbocycles. The van der Waals surface area contributed by atoms with Gasteiger partial charge in [0.2, 0.25) is 0 Å². The highest BCUT2D eigenvalue weighted by Crippen LogP contribution is 2.42. The molecule has 0 unspecified atom stereocenters. The summed E-state index contributed by atoms with van der Waals surface area (Å²) in [6.45, 7) is 0.985. The third kappa shape index (κ3) is 8.63. The van der Waals surface area contributed by atoms with Gasteiger partial charge in [-0.1, -0.05) is 84.9 Å². The van der Waals surface area contributed by atoms with E-state index in [0.717, 1.165) is 48.8 Å². The predicted octanol–water partition coefficient (Wildman–Crippen LogP) is 8.29. The zero-order valence-corrected chi connectivity index (χ0v) is 36.5. The number of alkyl carbamates (subject to hydrolysis) is 2. The van der Waals surface area contributed by atoms with Gasteiger partial charge < -0.3 is 39.9 Å². The lowest BCUT2D eigenvalue weighted by Gasteiger charge is -2.29. The minimum Gasteiger partial charge on any atom is -0.453 e. The molecule has 2 aliphatic heterocycles. The number of aromatic amines is 2. The number of thiophene rings is 2. The molecule has 6 heterocycles. The van der Waals surface area contributed by atoms with Crippen LogP contribution in [0.25, 0.3) is 41.7 Å². The van der Waals surface area contributed by atoms with Crippen LogP contribution in [0.4, 0.5) is 9.59 Å². The molecule has 4 atom stereocenters. The summed E-state index contributed by atoms with van der Waals surface area (Å²) in [6.07, 6.45) is 3.24. The van der Waals surface area contributed by atoms with Gasteiger partial charge in [0, 0.05) is 33.4 Å². The number of nitrogens with zero attached hydrogens (tertiary/aromatic N) is 4. The van der Waals surface area contributed by atoms with Gasteiger partial charge in [-0.15, -0.1) is 22.7 Å². The molecule has 0 radical (unpaired) electrons. The maximum absolute atomic E-state index is 14.0. The number of carbonyl (C=O) groups excluding carboxylic acids is 4. The number of nitrogens with one attached hydrogen (secondary N) is 4. The van der Waals surface area contributed by atoms with Crippen molar-refractivity contribution in [3.63, 3.8) is 0 Å². The first-order chi connectivity index (χ1) is 31.2. The number of amides is 4. The molecular weight excluding hydrogens is 853 g/mol. The summed E-state index contributed by atoms with van der Waals surface area (Å²) in [5, 5.41) is 5.39. The van der Waals surface area contributed by atoms with Crippen LogP contribution in [0.3, 0.4) is 0 Å². The molecule has 326 valence electrons. The van der Waals surface area contributed by atoms with Crippen LogP contribution in [-0.4, -0.2) is 81.0 Å². The number of carbonyl (C=O) groups is 4. The normalized spacial score (nSPS) is 17.0. The van der Waals surface area contributed by atoms with Crippen LogP contribution in [-0.2, 0) is 19.1 Å². The van der Waals surface area contributed by atoms with Crippen LogP contribution in [0.15, 0.2) is 114 Å². The lowest BCUT2D eigenvalue weighted by molar-refractivity contribution is -0.135. The molecule has 9 rings (SSSR count). The molecular formula is C47H44N8O7S2. The summed E-state index contributed by atoms with van der Waals surface area (Å²) >= 11 is 3.20. The Bertz CT molecular complexity index is 2850. The van der Waals surface area contributed by atoms with Gasteiger partial charge in [0.05, 0.1) is 48.8 Å². The Morgan fingerprint density at radius 3 is 1.75 bits per heavy atom. The zero-order chi connectivity index (χ0) is 44.3. The Balaban J connectivity index is 0.895. The second-order valence-corrected chi connectivity index (χ2v) is 17.7. The summed E-state index contributed by atoms with van der Waals surface area (Å²) in [6, 6.07) is 29.4. The highest BCUT2D eigenvalue weighted by molar-refractivity contribution is 7.31. The van der Waals surface area contributed by atoms with E-state index in [-0.39, 0.29) is 23.4 Å². The van der Waals surface area contributed by atoms with Crippen molar-refractivity contribution in [3.8, 4) is 32.3 Å². The van der Waals surface area contributed by atoms with Crippen molar-refractivity contribution >= 4 is 56.1 Å². The predicted molar refractivity (Wildman–Crippen MR) is 243 cm³/mol. The Hall–Kier alpha value is -7.11. The van der Waals surface area contributed by atoms with E-state index in [2.05, 4.69) is 38.8 Å².